The van der Waals surface area contributed by atoms with Crippen LogP contribution < -0.4 is 20.1 Å². The van der Waals surface area contributed by atoms with Crippen LogP contribution in [0.4, 0.5) is 9.59 Å². The maximum Gasteiger partial charge on any atom is 0.412 e. The van der Waals surface area contributed by atoms with Crippen molar-refractivity contribution in [1.82, 2.24) is 10.6 Å². The first-order valence-corrected chi connectivity index (χ1v) is 12.9. The Morgan fingerprint density at radius 3 is 1.60 bits per heavy atom. The Bertz CT molecular complexity index is 1210. The van der Waals surface area contributed by atoms with Crippen molar-refractivity contribution in [3.63, 3.8) is 0 Å². The molecule has 0 radical (unpaired) electrons. The predicted molar refractivity (Wildman–Crippen MR) is 150 cm³/mol. The average molecular weight is 581 g/mol. The van der Waals surface area contributed by atoms with Crippen molar-refractivity contribution < 1.29 is 48.0 Å². The third-order valence-electron chi connectivity index (χ3n) is 5.01. The molecule has 222 valence electrons. The van der Waals surface area contributed by atoms with E-state index in [-0.39, 0.29) is 32.1 Å². The number of benzene rings is 3. The van der Waals surface area contributed by atoms with Gasteiger partial charge in [0.15, 0.2) is 0 Å². The van der Waals surface area contributed by atoms with E-state index in [9.17, 15) is 24.0 Å². The first-order chi connectivity index (χ1) is 20.3. The molecule has 42 heavy (non-hydrogen) atoms. The normalized spacial score (nSPS) is 10.5. The molecule has 2 amide bonds. The largest absolute Gasteiger partial charge is 0.465 e. The standard InChI is InChI=1S/C24H26N2O10.C6H6/c27-20(33-13-11-25-23(30)31)15-17(16-21(28)35-18-7-3-1-4-8-18)22(29)34-14-12-26-24(32)36-19-9-5-2-6-10-19;1-2-4-6-5-3-1/h1-10,17,25H,11-16H2,(H,26,32)(H,30,31);1-6H. The van der Waals surface area contributed by atoms with Gasteiger partial charge in [-0.05, 0) is 24.3 Å². The van der Waals surface area contributed by atoms with Crippen molar-refractivity contribution >= 4 is 30.1 Å². The number of esters is 3. The highest BCUT2D eigenvalue weighted by molar-refractivity contribution is 5.85. The summed E-state index contributed by atoms with van der Waals surface area (Å²) in [5.41, 5.74) is 0. The highest BCUT2D eigenvalue weighted by Crippen LogP contribution is 2.16. The Morgan fingerprint density at radius 1 is 0.595 bits per heavy atom. The third-order valence-corrected chi connectivity index (χ3v) is 5.01. The van der Waals surface area contributed by atoms with Crippen LogP contribution in [0.15, 0.2) is 97.1 Å². The van der Waals surface area contributed by atoms with Crippen molar-refractivity contribution in [3.05, 3.63) is 97.1 Å². The Labute approximate surface area is 242 Å². The minimum atomic E-state index is -1.28. The summed E-state index contributed by atoms with van der Waals surface area (Å²) in [7, 11) is 0. The van der Waals surface area contributed by atoms with Crippen molar-refractivity contribution in [1.29, 1.82) is 0 Å². The van der Waals surface area contributed by atoms with E-state index in [1.54, 1.807) is 60.7 Å². The highest BCUT2D eigenvalue weighted by atomic mass is 16.6. The van der Waals surface area contributed by atoms with Gasteiger partial charge in [-0.3, -0.25) is 14.4 Å². The lowest BCUT2D eigenvalue weighted by molar-refractivity contribution is -0.157. The zero-order valence-electron chi connectivity index (χ0n) is 22.7. The molecule has 12 heteroatoms. The van der Waals surface area contributed by atoms with Crippen molar-refractivity contribution in [2.45, 2.75) is 12.8 Å². The third kappa shape index (κ3) is 15.3. The van der Waals surface area contributed by atoms with Crippen molar-refractivity contribution in [3.8, 4) is 11.5 Å². The smallest absolute Gasteiger partial charge is 0.412 e. The molecule has 3 aromatic rings. The minimum absolute atomic E-state index is 0.0795. The van der Waals surface area contributed by atoms with Crippen molar-refractivity contribution in [2.75, 3.05) is 26.3 Å². The fourth-order valence-electron chi connectivity index (χ4n) is 3.12. The van der Waals surface area contributed by atoms with Crippen LogP contribution >= 0.6 is 0 Å². The molecule has 0 fully saturated rings. The zero-order chi connectivity index (χ0) is 30.4. The SMILES string of the molecule is O=C(O)NCCOC(=O)CC(CC(=O)Oc1ccccc1)C(=O)OCCNC(=O)Oc1ccccc1.c1ccccc1. The molecule has 0 saturated carbocycles. The monoisotopic (exact) mass is 580 g/mol. The van der Waals surface area contributed by atoms with Crippen molar-refractivity contribution in [2.24, 2.45) is 5.92 Å². The summed E-state index contributed by atoms with van der Waals surface area (Å²) in [5.74, 6) is -3.11. The molecule has 12 nitrogen and oxygen atoms in total. The lowest BCUT2D eigenvalue weighted by Crippen LogP contribution is -2.32. The number of ether oxygens (including phenoxy) is 4. The molecule has 1 unspecified atom stereocenters. The lowest BCUT2D eigenvalue weighted by atomic mass is 10.0. The first kappa shape index (κ1) is 32.8. The van der Waals surface area contributed by atoms with Gasteiger partial charge in [0.05, 0.1) is 31.8 Å². The van der Waals surface area contributed by atoms with Crippen LogP contribution in [0.1, 0.15) is 12.8 Å². The maximum atomic E-state index is 12.5. The topological polar surface area (TPSA) is 167 Å². The van der Waals surface area contributed by atoms with Gasteiger partial charge in [-0.15, -0.1) is 0 Å². The van der Waals surface area contributed by atoms with E-state index in [0.29, 0.717) is 5.75 Å². The summed E-state index contributed by atoms with van der Waals surface area (Å²) in [5, 5.41) is 13.0. The fraction of sp³-hybridized carbons (Fsp3) is 0.233. The van der Waals surface area contributed by atoms with E-state index in [1.165, 1.54) is 0 Å². The molecule has 0 saturated heterocycles. The van der Waals surface area contributed by atoms with Gasteiger partial charge in [-0.25, -0.2) is 9.59 Å². The molecule has 0 spiro atoms. The lowest BCUT2D eigenvalue weighted by Gasteiger charge is -2.15. The number of carbonyl (C=O) groups excluding carboxylic acids is 4. The fourth-order valence-corrected chi connectivity index (χ4v) is 3.12. The second-order valence-electron chi connectivity index (χ2n) is 8.30. The molecule has 0 aliphatic heterocycles. The van der Waals surface area contributed by atoms with Gasteiger partial charge in [0.25, 0.3) is 0 Å². The van der Waals surface area contributed by atoms with E-state index in [4.69, 9.17) is 24.1 Å². The summed E-state index contributed by atoms with van der Waals surface area (Å²) in [6.45, 7) is -0.722. The van der Waals surface area contributed by atoms with Crippen LogP contribution in [0.25, 0.3) is 0 Å². The maximum absolute atomic E-state index is 12.5. The van der Waals surface area contributed by atoms with Crippen LogP contribution in [0, 0.1) is 5.92 Å². The highest BCUT2D eigenvalue weighted by Gasteiger charge is 2.28. The minimum Gasteiger partial charge on any atom is -0.465 e. The number of carboxylic acid groups (broad SMARTS) is 1. The molecular formula is C30H32N2O10. The Morgan fingerprint density at radius 2 is 1.05 bits per heavy atom. The van der Waals surface area contributed by atoms with Gasteiger partial charge in [0.1, 0.15) is 24.7 Å². The summed E-state index contributed by atoms with van der Waals surface area (Å²) in [6, 6.07) is 28.5. The number of hydrogen-bond acceptors (Lipinski definition) is 9. The number of amides is 2. The molecule has 0 bridgehead atoms. The first-order valence-electron chi connectivity index (χ1n) is 12.9. The number of hydrogen-bond donors (Lipinski definition) is 3. The zero-order valence-corrected chi connectivity index (χ0v) is 22.7. The van der Waals surface area contributed by atoms with E-state index in [2.05, 4.69) is 5.32 Å². The van der Waals surface area contributed by atoms with Gasteiger partial charge < -0.3 is 34.7 Å². The number of carbonyl (C=O) groups is 5. The number of rotatable bonds is 13. The summed E-state index contributed by atoms with van der Waals surface area (Å²) in [4.78, 5) is 59.2. The number of nitrogens with one attached hydrogen (secondary N) is 2. The van der Waals surface area contributed by atoms with E-state index < -0.39 is 48.9 Å². The quantitative estimate of drug-likeness (QED) is 0.154. The predicted octanol–water partition coefficient (Wildman–Crippen LogP) is 3.82. The van der Waals surface area contributed by atoms with E-state index in [0.717, 1.165) is 0 Å². The molecule has 0 heterocycles. The van der Waals surface area contributed by atoms with Gasteiger partial charge in [-0.1, -0.05) is 72.8 Å². The number of para-hydroxylation sites is 2. The summed E-state index contributed by atoms with van der Waals surface area (Å²) < 4.78 is 20.2. The molecule has 3 rings (SSSR count). The van der Waals surface area contributed by atoms with Crippen LogP contribution in [-0.4, -0.2) is 61.5 Å². The summed E-state index contributed by atoms with van der Waals surface area (Å²) >= 11 is 0. The second-order valence-corrected chi connectivity index (χ2v) is 8.30. The Kier molecular flexibility index (Phi) is 15.3. The van der Waals surface area contributed by atoms with E-state index >= 15 is 0 Å². The molecule has 0 aliphatic rings. The molecule has 3 aromatic carbocycles. The molecule has 3 N–H and O–H groups in total. The van der Waals surface area contributed by atoms with Crippen LogP contribution in [0.5, 0.6) is 11.5 Å². The van der Waals surface area contributed by atoms with Gasteiger partial charge >= 0.3 is 30.1 Å². The van der Waals surface area contributed by atoms with Gasteiger partial charge in [0, 0.05) is 0 Å². The van der Waals surface area contributed by atoms with Gasteiger partial charge in [0.2, 0.25) is 0 Å². The van der Waals surface area contributed by atoms with Crippen LogP contribution in [-0.2, 0) is 23.9 Å². The van der Waals surface area contributed by atoms with Crippen LogP contribution in [0.3, 0.4) is 0 Å². The molecule has 0 aliphatic carbocycles. The Balaban J connectivity index is 0.000000908. The molecule has 1 atom stereocenters. The molecular weight excluding hydrogens is 548 g/mol. The van der Waals surface area contributed by atoms with E-state index in [1.807, 2.05) is 41.7 Å². The van der Waals surface area contributed by atoms with Crippen LogP contribution in [0.2, 0.25) is 0 Å². The Hall–Kier alpha value is -5.39. The summed E-state index contributed by atoms with van der Waals surface area (Å²) in [6.07, 6.45) is -3.00. The molecule has 0 aromatic heterocycles. The second kappa shape index (κ2) is 19.6. The average Bonchev–Trinajstić information content (AvgIpc) is 2.99. The van der Waals surface area contributed by atoms with Gasteiger partial charge in [-0.2, -0.15) is 0 Å².